The molecular formula is C15H19F4N. The number of benzene rings is 1. The summed E-state index contributed by atoms with van der Waals surface area (Å²) in [5, 5.41) is 0. The van der Waals surface area contributed by atoms with Gasteiger partial charge in [-0.25, -0.2) is 4.39 Å². The third-order valence-electron chi connectivity index (χ3n) is 4.17. The highest BCUT2D eigenvalue weighted by atomic mass is 19.4. The van der Waals surface area contributed by atoms with Gasteiger partial charge in [0.05, 0.1) is 5.56 Å². The fraction of sp³-hybridized carbons (Fsp3) is 0.600. The van der Waals surface area contributed by atoms with Crippen molar-refractivity contribution in [2.75, 3.05) is 0 Å². The van der Waals surface area contributed by atoms with E-state index in [1.807, 2.05) is 0 Å². The third kappa shape index (κ3) is 3.32. The average molecular weight is 289 g/mol. The zero-order valence-corrected chi connectivity index (χ0v) is 11.4. The molecule has 1 fully saturated rings. The summed E-state index contributed by atoms with van der Waals surface area (Å²) in [4.78, 5) is 0. The van der Waals surface area contributed by atoms with Crippen molar-refractivity contribution in [3.05, 3.63) is 35.1 Å². The van der Waals surface area contributed by atoms with Gasteiger partial charge >= 0.3 is 6.18 Å². The second kappa shape index (κ2) is 5.72. The van der Waals surface area contributed by atoms with E-state index in [0.29, 0.717) is 5.92 Å². The maximum atomic E-state index is 13.8. The Labute approximate surface area is 116 Å². The quantitative estimate of drug-likeness (QED) is 0.787. The van der Waals surface area contributed by atoms with E-state index >= 15 is 0 Å². The van der Waals surface area contributed by atoms with Gasteiger partial charge in [-0.2, -0.15) is 13.2 Å². The molecule has 0 radical (unpaired) electrons. The number of rotatable bonds is 2. The van der Waals surface area contributed by atoms with E-state index in [1.54, 1.807) is 0 Å². The van der Waals surface area contributed by atoms with Gasteiger partial charge in [-0.3, -0.25) is 0 Å². The van der Waals surface area contributed by atoms with E-state index in [-0.39, 0.29) is 11.5 Å². The third-order valence-corrected chi connectivity index (χ3v) is 4.17. The molecule has 20 heavy (non-hydrogen) atoms. The van der Waals surface area contributed by atoms with E-state index in [1.165, 1.54) is 0 Å². The highest BCUT2D eigenvalue weighted by Gasteiger charge is 2.33. The Balaban J connectivity index is 2.26. The first-order chi connectivity index (χ1) is 9.29. The summed E-state index contributed by atoms with van der Waals surface area (Å²) >= 11 is 0. The number of halogens is 4. The molecule has 5 heteroatoms. The van der Waals surface area contributed by atoms with Crippen molar-refractivity contribution in [1.29, 1.82) is 0 Å². The van der Waals surface area contributed by atoms with Gasteiger partial charge in [0.1, 0.15) is 5.82 Å². The molecule has 0 aromatic heterocycles. The maximum Gasteiger partial charge on any atom is 0.416 e. The summed E-state index contributed by atoms with van der Waals surface area (Å²) in [6.45, 7) is 2.10. The largest absolute Gasteiger partial charge is 0.416 e. The molecular weight excluding hydrogens is 270 g/mol. The molecule has 3 unspecified atom stereocenters. The normalized spacial score (nSPS) is 25.5. The summed E-state index contributed by atoms with van der Waals surface area (Å²) in [6.07, 6.45) is -0.672. The van der Waals surface area contributed by atoms with E-state index in [2.05, 4.69) is 6.92 Å². The Morgan fingerprint density at radius 1 is 1.25 bits per heavy atom. The van der Waals surface area contributed by atoms with E-state index in [0.717, 1.165) is 43.9 Å². The average Bonchev–Trinajstić information content (AvgIpc) is 2.37. The fourth-order valence-electron chi connectivity index (χ4n) is 3.04. The molecule has 2 rings (SSSR count). The molecule has 1 nitrogen and oxygen atoms in total. The lowest BCUT2D eigenvalue weighted by Gasteiger charge is -2.31. The molecule has 0 amide bonds. The highest BCUT2D eigenvalue weighted by molar-refractivity contribution is 5.29. The van der Waals surface area contributed by atoms with Gasteiger partial charge in [0.15, 0.2) is 0 Å². The standard InChI is InChI=1S/C15H19F4N/c1-9-3-2-4-10(7-9)14(20)12-8-11(15(17,18)19)5-6-13(12)16/h5-6,8-10,14H,2-4,7,20H2,1H3. The van der Waals surface area contributed by atoms with Crippen LogP contribution in [0.5, 0.6) is 0 Å². The summed E-state index contributed by atoms with van der Waals surface area (Å²) in [7, 11) is 0. The van der Waals surface area contributed by atoms with Crippen LogP contribution in [-0.2, 0) is 6.18 Å². The lowest BCUT2D eigenvalue weighted by molar-refractivity contribution is -0.137. The zero-order chi connectivity index (χ0) is 14.9. The lowest BCUT2D eigenvalue weighted by Crippen LogP contribution is -2.27. The van der Waals surface area contributed by atoms with E-state index in [9.17, 15) is 17.6 Å². The van der Waals surface area contributed by atoms with Gasteiger partial charge in [0.25, 0.3) is 0 Å². The molecule has 0 bridgehead atoms. The van der Waals surface area contributed by atoms with Crippen molar-refractivity contribution in [2.45, 2.75) is 44.8 Å². The molecule has 2 N–H and O–H groups in total. The van der Waals surface area contributed by atoms with Gasteiger partial charge < -0.3 is 5.73 Å². The van der Waals surface area contributed by atoms with Gasteiger partial charge in [-0.05, 0) is 42.9 Å². The van der Waals surface area contributed by atoms with Crippen molar-refractivity contribution in [1.82, 2.24) is 0 Å². The van der Waals surface area contributed by atoms with Crippen molar-refractivity contribution < 1.29 is 17.6 Å². The Morgan fingerprint density at radius 2 is 1.95 bits per heavy atom. The van der Waals surface area contributed by atoms with Crippen LogP contribution in [0.2, 0.25) is 0 Å². The molecule has 1 aromatic rings. The molecule has 0 aliphatic heterocycles. The minimum Gasteiger partial charge on any atom is -0.324 e. The second-order valence-electron chi connectivity index (χ2n) is 5.79. The maximum absolute atomic E-state index is 13.8. The first kappa shape index (κ1) is 15.3. The number of hydrogen-bond donors (Lipinski definition) is 1. The van der Waals surface area contributed by atoms with Crippen LogP contribution < -0.4 is 5.73 Å². The molecule has 1 aliphatic carbocycles. The minimum atomic E-state index is -4.47. The second-order valence-corrected chi connectivity index (χ2v) is 5.79. The van der Waals surface area contributed by atoms with E-state index in [4.69, 9.17) is 5.73 Å². The summed E-state index contributed by atoms with van der Waals surface area (Å²) in [5.74, 6) is -0.103. The smallest absolute Gasteiger partial charge is 0.324 e. The molecule has 3 atom stereocenters. The predicted molar refractivity (Wildman–Crippen MR) is 69.5 cm³/mol. The van der Waals surface area contributed by atoms with Crippen LogP contribution in [-0.4, -0.2) is 0 Å². The monoisotopic (exact) mass is 289 g/mol. The Morgan fingerprint density at radius 3 is 2.55 bits per heavy atom. The first-order valence-corrected chi connectivity index (χ1v) is 6.91. The lowest BCUT2D eigenvalue weighted by atomic mass is 9.77. The van der Waals surface area contributed by atoms with Gasteiger partial charge in [0.2, 0.25) is 0 Å². The van der Waals surface area contributed by atoms with Crippen molar-refractivity contribution in [3.63, 3.8) is 0 Å². The zero-order valence-electron chi connectivity index (χ0n) is 11.4. The molecule has 1 aliphatic rings. The SMILES string of the molecule is CC1CCCC(C(N)c2cc(C(F)(F)F)ccc2F)C1. The molecule has 0 spiro atoms. The number of nitrogens with two attached hydrogens (primary N) is 1. The molecule has 0 heterocycles. The summed E-state index contributed by atoms with van der Waals surface area (Å²) in [5.41, 5.74) is 5.18. The van der Waals surface area contributed by atoms with Gasteiger partial charge in [-0.1, -0.05) is 19.8 Å². The topological polar surface area (TPSA) is 26.0 Å². The van der Waals surface area contributed by atoms with Crippen LogP contribution in [0.3, 0.4) is 0 Å². The number of hydrogen-bond acceptors (Lipinski definition) is 1. The number of alkyl halides is 3. The molecule has 1 aromatic carbocycles. The Kier molecular flexibility index (Phi) is 4.37. The first-order valence-electron chi connectivity index (χ1n) is 6.91. The van der Waals surface area contributed by atoms with E-state index < -0.39 is 23.6 Å². The van der Waals surface area contributed by atoms with Crippen LogP contribution in [0.1, 0.15) is 49.8 Å². The van der Waals surface area contributed by atoms with Crippen LogP contribution in [0.25, 0.3) is 0 Å². The van der Waals surface area contributed by atoms with Gasteiger partial charge in [0, 0.05) is 11.6 Å². The molecule has 1 saturated carbocycles. The van der Waals surface area contributed by atoms with Crippen LogP contribution in [0.4, 0.5) is 17.6 Å². The molecule has 0 saturated heterocycles. The van der Waals surface area contributed by atoms with Crippen LogP contribution in [0.15, 0.2) is 18.2 Å². The highest BCUT2D eigenvalue weighted by Crippen LogP contribution is 2.38. The summed E-state index contributed by atoms with van der Waals surface area (Å²) < 4.78 is 51.9. The van der Waals surface area contributed by atoms with Crippen LogP contribution in [0, 0.1) is 17.7 Å². The molecule has 112 valence electrons. The Hall–Kier alpha value is -1.10. The Bertz CT molecular complexity index is 469. The minimum absolute atomic E-state index is 0.0149. The van der Waals surface area contributed by atoms with Crippen molar-refractivity contribution >= 4 is 0 Å². The van der Waals surface area contributed by atoms with Crippen molar-refractivity contribution in [2.24, 2.45) is 17.6 Å². The van der Waals surface area contributed by atoms with Crippen LogP contribution >= 0.6 is 0 Å². The van der Waals surface area contributed by atoms with Crippen molar-refractivity contribution in [3.8, 4) is 0 Å². The summed E-state index contributed by atoms with van der Waals surface area (Å²) in [6, 6.07) is 1.82. The fourth-order valence-corrected chi connectivity index (χ4v) is 3.04. The van der Waals surface area contributed by atoms with Gasteiger partial charge in [-0.15, -0.1) is 0 Å². The predicted octanol–water partition coefficient (Wildman–Crippen LogP) is 4.67.